The van der Waals surface area contributed by atoms with Gasteiger partial charge in [-0.1, -0.05) is 55.5 Å². The molecule has 0 bridgehead atoms. The Kier molecular flexibility index (Phi) is 6.24. The van der Waals surface area contributed by atoms with Gasteiger partial charge in [0.25, 0.3) is 11.8 Å². The second kappa shape index (κ2) is 9.32. The summed E-state index contributed by atoms with van der Waals surface area (Å²) in [5, 5.41) is 12.9. The number of benzene rings is 3. The van der Waals surface area contributed by atoms with Gasteiger partial charge in [0.05, 0.1) is 5.60 Å². The quantitative estimate of drug-likeness (QED) is 0.411. The molecule has 5 nitrogen and oxygen atoms in total. The van der Waals surface area contributed by atoms with Gasteiger partial charge in [-0.05, 0) is 67.3 Å². The smallest absolute Gasteiger partial charge is 0.261 e. The van der Waals surface area contributed by atoms with Gasteiger partial charge in [-0.2, -0.15) is 0 Å². The van der Waals surface area contributed by atoms with Gasteiger partial charge in [0, 0.05) is 36.1 Å². The first kappa shape index (κ1) is 22.8. The normalized spacial score (nSPS) is 18.0. The first-order chi connectivity index (χ1) is 16.5. The lowest BCUT2D eigenvalue weighted by atomic mass is 9.83. The molecule has 1 N–H and O–H groups in total. The Morgan fingerprint density at radius 3 is 2.12 bits per heavy atom. The van der Waals surface area contributed by atoms with Gasteiger partial charge >= 0.3 is 0 Å². The Balaban J connectivity index is 1.14. The van der Waals surface area contributed by atoms with Crippen molar-refractivity contribution < 1.29 is 14.7 Å². The predicted octanol–water partition coefficient (Wildman–Crippen LogP) is 4.76. The lowest BCUT2D eigenvalue weighted by molar-refractivity contribution is -0.0262. The average Bonchev–Trinajstić information content (AvgIpc) is 2.88. The van der Waals surface area contributed by atoms with Gasteiger partial charge in [0.15, 0.2) is 0 Å². The zero-order chi connectivity index (χ0) is 23.7. The molecule has 0 atom stereocenters. The summed E-state index contributed by atoms with van der Waals surface area (Å²) in [5.74, 6) is -0.377. The molecule has 5 rings (SSSR count). The fraction of sp³-hybridized carbons (Fsp3) is 0.379. The fourth-order valence-electron chi connectivity index (χ4n) is 5.40. The Morgan fingerprint density at radius 2 is 1.47 bits per heavy atom. The molecule has 0 saturated carbocycles. The van der Waals surface area contributed by atoms with Crippen molar-refractivity contribution in [1.82, 2.24) is 9.80 Å². The molecule has 1 fully saturated rings. The molecule has 3 aromatic carbocycles. The van der Waals surface area contributed by atoms with Crippen LogP contribution in [0.4, 0.5) is 0 Å². The van der Waals surface area contributed by atoms with Crippen LogP contribution in [0, 0.1) is 0 Å². The highest BCUT2D eigenvalue weighted by atomic mass is 16.3. The minimum absolute atomic E-state index is 0.188. The molecule has 5 heteroatoms. The van der Waals surface area contributed by atoms with E-state index >= 15 is 0 Å². The van der Waals surface area contributed by atoms with Crippen LogP contribution in [0.5, 0.6) is 0 Å². The van der Waals surface area contributed by atoms with E-state index in [1.165, 1.54) is 10.5 Å². The van der Waals surface area contributed by atoms with Crippen LogP contribution < -0.4 is 0 Å². The molecule has 1 saturated heterocycles. The molecule has 0 radical (unpaired) electrons. The monoisotopic (exact) mass is 456 g/mol. The minimum Gasteiger partial charge on any atom is -0.385 e. The van der Waals surface area contributed by atoms with E-state index in [1.807, 2.05) is 48.5 Å². The maximum Gasteiger partial charge on any atom is 0.261 e. The van der Waals surface area contributed by atoms with Crippen molar-refractivity contribution >= 4 is 22.6 Å². The fourth-order valence-corrected chi connectivity index (χ4v) is 5.40. The van der Waals surface area contributed by atoms with E-state index in [0.717, 1.165) is 68.1 Å². The predicted molar refractivity (Wildman–Crippen MR) is 134 cm³/mol. The van der Waals surface area contributed by atoms with Crippen molar-refractivity contribution in [2.75, 3.05) is 26.2 Å². The lowest BCUT2D eigenvalue weighted by Gasteiger charge is -2.38. The van der Waals surface area contributed by atoms with Gasteiger partial charge in [0.1, 0.15) is 0 Å². The summed E-state index contributed by atoms with van der Waals surface area (Å²) in [7, 11) is 0. The van der Waals surface area contributed by atoms with Crippen molar-refractivity contribution in [1.29, 1.82) is 0 Å². The van der Waals surface area contributed by atoms with Crippen LogP contribution in [0.3, 0.4) is 0 Å². The second-order valence-corrected chi connectivity index (χ2v) is 9.61. The largest absolute Gasteiger partial charge is 0.385 e. The molecule has 0 unspecified atom stereocenters. The number of rotatable bonds is 7. The van der Waals surface area contributed by atoms with Crippen LogP contribution in [0.2, 0.25) is 0 Å². The molecule has 3 aromatic rings. The third kappa shape index (κ3) is 4.15. The average molecular weight is 457 g/mol. The van der Waals surface area contributed by atoms with Gasteiger partial charge in [0.2, 0.25) is 0 Å². The Labute approximate surface area is 201 Å². The molecule has 176 valence electrons. The molecule has 0 aromatic heterocycles. The Bertz CT molecular complexity index is 1180. The van der Waals surface area contributed by atoms with Crippen LogP contribution in [0.25, 0.3) is 10.8 Å². The molecule has 34 heavy (non-hydrogen) atoms. The Hall–Kier alpha value is -3.02. The van der Waals surface area contributed by atoms with Crippen LogP contribution in [0.1, 0.15) is 64.4 Å². The number of unbranched alkanes of at least 4 members (excludes halogenated alkanes) is 1. The van der Waals surface area contributed by atoms with E-state index in [-0.39, 0.29) is 11.8 Å². The van der Waals surface area contributed by atoms with Gasteiger partial charge in [-0.3, -0.25) is 14.5 Å². The van der Waals surface area contributed by atoms with Crippen LogP contribution in [-0.4, -0.2) is 52.9 Å². The molecule has 2 aliphatic heterocycles. The van der Waals surface area contributed by atoms with E-state index in [4.69, 9.17) is 0 Å². The summed E-state index contributed by atoms with van der Waals surface area (Å²) in [4.78, 5) is 29.8. The van der Waals surface area contributed by atoms with E-state index < -0.39 is 5.60 Å². The standard InChI is InChI=1S/C29H32N2O3/c1-2-21-8-5-11-23(20-21)29(34)14-18-30(19-15-29)16-3-4-17-31-27(32)24-12-6-9-22-10-7-13-25(26(22)24)28(31)33/h5-13,20,34H,2-4,14-19H2,1H3. The van der Waals surface area contributed by atoms with E-state index in [1.54, 1.807) is 0 Å². The number of aryl methyl sites for hydroxylation is 1. The number of carbonyl (C=O) groups is 2. The molecule has 2 aliphatic rings. The summed E-state index contributed by atoms with van der Waals surface area (Å²) in [6.07, 6.45) is 4.11. The molecule has 2 amide bonds. The third-order valence-corrected chi connectivity index (χ3v) is 7.52. The number of aliphatic hydroxyl groups is 1. The molecule has 0 spiro atoms. The summed E-state index contributed by atoms with van der Waals surface area (Å²) in [6.45, 7) is 5.18. The molecular formula is C29H32N2O3. The summed E-state index contributed by atoms with van der Waals surface area (Å²) < 4.78 is 0. The van der Waals surface area contributed by atoms with Crippen LogP contribution in [0.15, 0.2) is 60.7 Å². The lowest BCUT2D eigenvalue weighted by Crippen LogP contribution is -2.43. The maximum atomic E-state index is 13.0. The number of carbonyl (C=O) groups excluding carboxylic acids is 2. The first-order valence-electron chi connectivity index (χ1n) is 12.4. The number of hydrogen-bond acceptors (Lipinski definition) is 4. The van der Waals surface area contributed by atoms with Crippen molar-refractivity contribution in [3.05, 3.63) is 82.9 Å². The van der Waals surface area contributed by atoms with Gasteiger partial charge in [-0.25, -0.2) is 0 Å². The number of nitrogens with zero attached hydrogens (tertiary/aromatic N) is 2. The topological polar surface area (TPSA) is 60.9 Å². The number of amides is 2. The third-order valence-electron chi connectivity index (χ3n) is 7.52. The van der Waals surface area contributed by atoms with E-state index in [2.05, 4.69) is 24.0 Å². The highest BCUT2D eigenvalue weighted by molar-refractivity contribution is 6.25. The Morgan fingerprint density at radius 1 is 0.853 bits per heavy atom. The van der Waals surface area contributed by atoms with Crippen LogP contribution in [-0.2, 0) is 12.0 Å². The molecule has 2 heterocycles. The SMILES string of the molecule is CCc1cccc(C2(O)CCN(CCCCN3C(=O)c4cccc5cccc(c45)C3=O)CC2)c1. The van der Waals surface area contributed by atoms with Gasteiger partial charge in [-0.15, -0.1) is 0 Å². The number of hydrogen-bond donors (Lipinski definition) is 1. The van der Waals surface area contributed by atoms with Crippen molar-refractivity contribution in [3.8, 4) is 0 Å². The number of piperidine rings is 1. The van der Waals surface area contributed by atoms with Crippen LogP contribution >= 0.6 is 0 Å². The zero-order valence-electron chi connectivity index (χ0n) is 19.8. The maximum absolute atomic E-state index is 13.0. The number of likely N-dealkylation sites (tertiary alicyclic amines) is 1. The summed E-state index contributed by atoms with van der Waals surface area (Å²) >= 11 is 0. The van der Waals surface area contributed by atoms with E-state index in [0.29, 0.717) is 17.7 Å². The summed E-state index contributed by atoms with van der Waals surface area (Å²) in [5.41, 5.74) is 2.78. The minimum atomic E-state index is -0.747. The molecular weight excluding hydrogens is 424 g/mol. The van der Waals surface area contributed by atoms with Crippen molar-refractivity contribution in [3.63, 3.8) is 0 Å². The van der Waals surface area contributed by atoms with Crippen molar-refractivity contribution in [2.45, 2.75) is 44.6 Å². The van der Waals surface area contributed by atoms with Crippen molar-refractivity contribution in [2.24, 2.45) is 0 Å². The number of imide groups is 1. The summed E-state index contributed by atoms with van der Waals surface area (Å²) in [6, 6.07) is 19.6. The van der Waals surface area contributed by atoms with Gasteiger partial charge < -0.3 is 10.0 Å². The van der Waals surface area contributed by atoms with E-state index in [9.17, 15) is 14.7 Å². The second-order valence-electron chi connectivity index (χ2n) is 9.61. The zero-order valence-corrected chi connectivity index (χ0v) is 19.8. The highest BCUT2D eigenvalue weighted by Crippen LogP contribution is 2.34. The highest BCUT2D eigenvalue weighted by Gasteiger charge is 2.34. The first-order valence-corrected chi connectivity index (χ1v) is 12.4. The molecule has 0 aliphatic carbocycles.